The lowest BCUT2D eigenvalue weighted by Crippen LogP contribution is -2.28. The molecule has 3 nitrogen and oxygen atoms in total. The van der Waals surface area contributed by atoms with Crippen LogP contribution >= 0.6 is 0 Å². The van der Waals surface area contributed by atoms with E-state index in [1.54, 1.807) is 0 Å². The maximum atomic E-state index is 10.0. The van der Waals surface area contributed by atoms with Crippen LogP contribution in [0.15, 0.2) is 72.8 Å². The van der Waals surface area contributed by atoms with Crippen LogP contribution in [0.3, 0.4) is 0 Å². The number of rotatable bonds is 0. The van der Waals surface area contributed by atoms with Crippen molar-refractivity contribution in [2.45, 2.75) is 6.92 Å². The largest absolute Gasteiger partial charge is 0.295 e. The Balaban J connectivity index is 2.11. The first-order valence-electron chi connectivity index (χ1n) is 9.76. The number of aromatic nitrogens is 2. The highest BCUT2D eigenvalue weighted by Gasteiger charge is 2.27. The average Bonchev–Trinajstić information content (AvgIpc) is 3.07. The van der Waals surface area contributed by atoms with Gasteiger partial charge in [0.25, 0.3) is 5.65 Å². The molecule has 6 rings (SSSR count). The molecule has 0 fully saturated rings. The van der Waals surface area contributed by atoms with E-state index in [1.165, 1.54) is 27.1 Å². The monoisotopic (exact) mass is 372 g/mol. The van der Waals surface area contributed by atoms with Gasteiger partial charge in [-0.15, -0.1) is 0 Å². The fourth-order valence-electron chi connectivity index (χ4n) is 4.93. The zero-order valence-corrected chi connectivity index (χ0v) is 16.3. The van der Waals surface area contributed by atoms with Gasteiger partial charge >= 0.3 is 0 Å². The number of hydrogen-bond donors (Lipinski definition) is 0. The van der Waals surface area contributed by atoms with Gasteiger partial charge in [-0.1, -0.05) is 54.6 Å². The molecule has 3 heteroatoms. The second-order valence-electron chi connectivity index (χ2n) is 7.69. The molecule has 0 aliphatic rings. The van der Waals surface area contributed by atoms with Crippen molar-refractivity contribution in [1.29, 1.82) is 5.26 Å². The molecule has 0 aliphatic carbocycles. The molecule has 0 unspecified atom stereocenters. The third kappa shape index (κ3) is 1.93. The van der Waals surface area contributed by atoms with E-state index in [0.717, 1.165) is 27.6 Å². The minimum atomic E-state index is 0.701. The molecule has 0 bridgehead atoms. The van der Waals surface area contributed by atoms with Gasteiger partial charge in [0.05, 0.1) is 12.4 Å². The summed E-state index contributed by atoms with van der Waals surface area (Å²) in [5, 5.41) is 16.0. The van der Waals surface area contributed by atoms with Crippen LogP contribution in [0.1, 0.15) is 11.1 Å². The molecule has 0 radical (unpaired) electrons. The van der Waals surface area contributed by atoms with Crippen LogP contribution in [-0.2, 0) is 7.05 Å². The van der Waals surface area contributed by atoms with Gasteiger partial charge in [-0.05, 0) is 36.1 Å². The molecule has 0 N–H and O–H groups in total. The minimum Gasteiger partial charge on any atom is -0.225 e. The SMILES string of the molecule is Cc1cccc2c3ccccc3n3c4c(C#N)cc5ccccc5c4[n+](C)c3c12. The highest BCUT2D eigenvalue weighted by atomic mass is 15.1. The summed E-state index contributed by atoms with van der Waals surface area (Å²) >= 11 is 0. The van der Waals surface area contributed by atoms with E-state index in [-0.39, 0.29) is 0 Å². The highest BCUT2D eigenvalue weighted by Crippen LogP contribution is 2.35. The standard InChI is InChI=1S/C26H18N3/c1-16-8-7-12-21-20-11-5-6-13-22(20)29-24-18(15-27)14-17-9-3-4-10-19(17)25(24)28(2)26(29)23(16)21/h3-14H,1-2H3/q+1. The molecule has 2 aromatic heterocycles. The van der Waals surface area contributed by atoms with E-state index in [9.17, 15) is 5.26 Å². The summed E-state index contributed by atoms with van der Waals surface area (Å²) in [6.07, 6.45) is 0. The number of imidazole rings is 1. The number of para-hydroxylation sites is 1. The summed E-state index contributed by atoms with van der Waals surface area (Å²) in [5.74, 6) is 0. The zero-order chi connectivity index (χ0) is 19.7. The summed E-state index contributed by atoms with van der Waals surface area (Å²) in [5.41, 5.74) is 6.26. The molecule has 29 heavy (non-hydrogen) atoms. The van der Waals surface area contributed by atoms with Crippen LogP contribution in [0.25, 0.3) is 49.1 Å². The molecule has 0 saturated heterocycles. The topological polar surface area (TPSA) is 32.1 Å². The Morgan fingerprint density at radius 3 is 2.41 bits per heavy atom. The first-order chi connectivity index (χ1) is 14.2. The van der Waals surface area contributed by atoms with Crippen molar-refractivity contribution in [3.05, 3.63) is 83.9 Å². The van der Waals surface area contributed by atoms with Crippen LogP contribution in [-0.4, -0.2) is 4.40 Å². The van der Waals surface area contributed by atoms with E-state index in [2.05, 4.69) is 89.7 Å². The quantitative estimate of drug-likeness (QED) is 0.254. The Bertz CT molecular complexity index is 1680. The molecule has 136 valence electrons. The fraction of sp³-hybridized carbons (Fsp3) is 0.0769. The second kappa shape index (κ2) is 5.56. The van der Waals surface area contributed by atoms with Gasteiger partial charge < -0.3 is 0 Å². The predicted octanol–water partition coefficient (Wildman–Crippen LogP) is 5.56. The number of nitrogens with zero attached hydrogens (tertiary/aromatic N) is 3. The van der Waals surface area contributed by atoms with Crippen molar-refractivity contribution >= 4 is 49.1 Å². The van der Waals surface area contributed by atoms with Crippen LogP contribution in [0.4, 0.5) is 0 Å². The van der Waals surface area contributed by atoms with E-state index in [0.29, 0.717) is 5.56 Å². The number of pyridine rings is 1. The molecule has 6 aromatic rings. The number of hydrogen-bond acceptors (Lipinski definition) is 1. The molecule has 4 aromatic carbocycles. The Morgan fingerprint density at radius 2 is 1.59 bits per heavy atom. The Kier molecular flexibility index (Phi) is 3.08. The van der Waals surface area contributed by atoms with Gasteiger partial charge in [-0.2, -0.15) is 9.66 Å². The van der Waals surface area contributed by atoms with Gasteiger partial charge in [0.15, 0.2) is 11.0 Å². The zero-order valence-electron chi connectivity index (χ0n) is 16.3. The normalized spacial score (nSPS) is 11.8. The average molecular weight is 372 g/mol. The van der Waals surface area contributed by atoms with Crippen molar-refractivity contribution in [3.63, 3.8) is 0 Å². The van der Waals surface area contributed by atoms with E-state index < -0.39 is 0 Å². The molecule has 2 heterocycles. The van der Waals surface area contributed by atoms with Crippen molar-refractivity contribution in [3.8, 4) is 6.07 Å². The minimum absolute atomic E-state index is 0.701. The molecule has 0 amide bonds. The van der Waals surface area contributed by atoms with Crippen molar-refractivity contribution in [2.75, 3.05) is 0 Å². The van der Waals surface area contributed by atoms with E-state index in [4.69, 9.17) is 0 Å². The van der Waals surface area contributed by atoms with Crippen LogP contribution in [0, 0.1) is 18.3 Å². The van der Waals surface area contributed by atoms with Crippen LogP contribution in [0.2, 0.25) is 0 Å². The van der Waals surface area contributed by atoms with Gasteiger partial charge in [-0.3, -0.25) is 0 Å². The molecule has 0 spiro atoms. The van der Waals surface area contributed by atoms with Gasteiger partial charge in [-0.25, -0.2) is 4.57 Å². The second-order valence-corrected chi connectivity index (χ2v) is 7.69. The Morgan fingerprint density at radius 1 is 0.862 bits per heavy atom. The van der Waals surface area contributed by atoms with Crippen molar-refractivity contribution in [1.82, 2.24) is 4.40 Å². The third-order valence-corrected chi connectivity index (χ3v) is 6.14. The lowest BCUT2D eigenvalue weighted by Gasteiger charge is -2.06. The van der Waals surface area contributed by atoms with E-state index >= 15 is 0 Å². The smallest absolute Gasteiger partial charge is 0.225 e. The van der Waals surface area contributed by atoms with Gasteiger partial charge in [0.1, 0.15) is 17.1 Å². The molecule has 0 atom stereocenters. The molecular weight excluding hydrogens is 354 g/mol. The molecular formula is C26H18N3+. The van der Waals surface area contributed by atoms with Crippen molar-refractivity contribution in [2.24, 2.45) is 7.05 Å². The summed E-state index contributed by atoms with van der Waals surface area (Å²) in [6, 6.07) is 27.8. The summed E-state index contributed by atoms with van der Waals surface area (Å²) in [7, 11) is 2.12. The number of aryl methyl sites for hydroxylation is 2. The van der Waals surface area contributed by atoms with Gasteiger partial charge in [0.2, 0.25) is 0 Å². The maximum absolute atomic E-state index is 10.0. The molecule has 0 saturated carbocycles. The van der Waals surface area contributed by atoms with Crippen molar-refractivity contribution < 1.29 is 4.57 Å². The number of nitriles is 1. The van der Waals surface area contributed by atoms with Crippen LogP contribution in [0.5, 0.6) is 0 Å². The van der Waals surface area contributed by atoms with Crippen LogP contribution < -0.4 is 4.57 Å². The first kappa shape index (κ1) is 16.1. The number of fused-ring (bicyclic) bond motifs is 10. The summed E-state index contributed by atoms with van der Waals surface area (Å²) in [4.78, 5) is 0. The predicted molar refractivity (Wildman–Crippen MR) is 118 cm³/mol. The first-order valence-corrected chi connectivity index (χ1v) is 9.76. The lowest BCUT2D eigenvalue weighted by molar-refractivity contribution is -0.616. The Hall–Kier alpha value is -3.90. The lowest BCUT2D eigenvalue weighted by atomic mass is 10.0. The van der Waals surface area contributed by atoms with Gasteiger partial charge in [0, 0.05) is 16.2 Å². The Labute approximate surface area is 167 Å². The molecule has 0 aliphatic heterocycles. The highest BCUT2D eigenvalue weighted by molar-refractivity contribution is 6.16. The summed E-state index contributed by atoms with van der Waals surface area (Å²) in [6.45, 7) is 2.16. The summed E-state index contributed by atoms with van der Waals surface area (Å²) < 4.78 is 4.55. The fourth-order valence-corrected chi connectivity index (χ4v) is 4.93. The number of benzene rings is 4. The van der Waals surface area contributed by atoms with E-state index in [1.807, 2.05) is 12.1 Å². The maximum Gasteiger partial charge on any atom is 0.295 e. The third-order valence-electron chi connectivity index (χ3n) is 6.14.